The molecule has 1 saturated carbocycles. The molecule has 0 unspecified atom stereocenters. The van der Waals surface area contributed by atoms with Crippen molar-refractivity contribution in [2.45, 2.75) is 31.7 Å². The van der Waals surface area contributed by atoms with Crippen molar-refractivity contribution in [1.29, 1.82) is 0 Å². The van der Waals surface area contributed by atoms with Gasteiger partial charge in [-0.1, -0.05) is 12.8 Å². The van der Waals surface area contributed by atoms with Gasteiger partial charge >= 0.3 is 0 Å². The molecule has 0 radical (unpaired) electrons. The summed E-state index contributed by atoms with van der Waals surface area (Å²) in [6.07, 6.45) is 5.32. The van der Waals surface area contributed by atoms with E-state index < -0.39 is 0 Å². The van der Waals surface area contributed by atoms with E-state index >= 15 is 0 Å². The highest BCUT2D eigenvalue weighted by molar-refractivity contribution is 4.84. The summed E-state index contributed by atoms with van der Waals surface area (Å²) in [5.74, 6) is 0.720. The van der Waals surface area contributed by atoms with Crippen LogP contribution in [0.3, 0.4) is 0 Å². The fourth-order valence-corrected chi connectivity index (χ4v) is 2.85. The molecule has 3 nitrogen and oxygen atoms in total. The zero-order valence-electron chi connectivity index (χ0n) is 8.82. The van der Waals surface area contributed by atoms with Crippen LogP contribution in [0.1, 0.15) is 25.7 Å². The van der Waals surface area contributed by atoms with Crippen LogP contribution in [0.2, 0.25) is 0 Å². The molecule has 3 heteroatoms. The molecule has 0 bridgehead atoms. The fraction of sp³-hybridized carbons (Fsp3) is 1.00. The Hall–Kier alpha value is -0.120. The lowest BCUT2D eigenvalue weighted by Gasteiger charge is -2.37. The number of aliphatic hydroxyl groups excluding tert-OH is 1. The molecule has 1 N–H and O–H groups in total. The highest BCUT2D eigenvalue weighted by atomic mass is 16.5. The number of hydrogen-bond acceptors (Lipinski definition) is 3. The van der Waals surface area contributed by atoms with Gasteiger partial charge in [0.2, 0.25) is 0 Å². The third-order valence-corrected chi connectivity index (χ3v) is 3.58. The SMILES string of the molecule is OCCN1CCOC[C@@H]2CCCC[C@H]21. The van der Waals surface area contributed by atoms with E-state index in [4.69, 9.17) is 9.84 Å². The Morgan fingerprint density at radius 3 is 3.00 bits per heavy atom. The van der Waals surface area contributed by atoms with E-state index in [1.165, 1.54) is 25.7 Å². The molecule has 14 heavy (non-hydrogen) atoms. The van der Waals surface area contributed by atoms with Crippen molar-refractivity contribution < 1.29 is 9.84 Å². The van der Waals surface area contributed by atoms with Gasteiger partial charge in [0.25, 0.3) is 0 Å². The Balaban J connectivity index is 1.99. The Morgan fingerprint density at radius 1 is 1.29 bits per heavy atom. The van der Waals surface area contributed by atoms with Crippen LogP contribution in [0, 0.1) is 5.92 Å². The normalized spacial score (nSPS) is 34.9. The monoisotopic (exact) mass is 199 g/mol. The number of fused-ring (bicyclic) bond motifs is 1. The van der Waals surface area contributed by atoms with Gasteiger partial charge in [-0.05, 0) is 18.8 Å². The summed E-state index contributed by atoms with van der Waals surface area (Å²) in [6.45, 7) is 3.88. The molecule has 2 atom stereocenters. The van der Waals surface area contributed by atoms with Crippen LogP contribution in [0.25, 0.3) is 0 Å². The number of ether oxygens (including phenoxy) is 1. The van der Waals surface area contributed by atoms with Crippen LogP contribution in [-0.2, 0) is 4.74 Å². The minimum atomic E-state index is 0.281. The average Bonchev–Trinajstić information content (AvgIpc) is 2.42. The largest absolute Gasteiger partial charge is 0.395 e. The Kier molecular flexibility index (Phi) is 3.79. The maximum atomic E-state index is 9.02. The standard InChI is InChI=1S/C11H21NO2/c13-7-5-12-6-8-14-9-10-3-1-2-4-11(10)12/h10-11,13H,1-9H2/t10-,11+/m0/s1. The second-order valence-corrected chi connectivity index (χ2v) is 4.45. The predicted octanol–water partition coefficient (Wildman–Crippen LogP) is 0.870. The molecule has 2 rings (SSSR count). The molecule has 2 aliphatic rings. The molecule has 0 aromatic heterocycles. The molecule has 1 heterocycles. The van der Waals surface area contributed by atoms with Crippen LogP contribution in [-0.4, -0.2) is 49.0 Å². The molecular formula is C11H21NO2. The maximum absolute atomic E-state index is 9.02. The predicted molar refractivity (Wildman–Crippen MR) is 55.2 cm³/mol. The van der Waals surface area contributed by atoms with Gasteiger partial charge in [0, 0.05) is 19.1 Å². The van der Waals surface area contributed by atoms with Crippen molar-refractivity contribution in [1.82, 2.24) is 4.90 Å². The number of nitrogens with zero attached hydrogens (tertiary/aromatic N) is 1. The van der Waals surface area contributed by atoms with Crippen molar-refractivity contribution in [3.63, 3.8) is 0 Å². The number of β-amino-alcohol motifs (C(OH)–C–C–N with tert-alkyl or cyclic N) is 1. The van der Waals surface area contributed by atoms with Crippen molar-refractivity contribution in [2.75, 3.05) is 32.9 Å². The van der Waals surface area contributed by atoms with E-state index in [-0.39, 0.29) is 6.61 Å². The van der Waals surface area contributed by atoms with Crippen molar-refractivity contribution >= 4 is 0 Å². The molecular weight excluding hydrogens is 178 g/mol. The van der Waals surface area contributed by atoms with Crippen LogP contribution >= 0.6 is 0 Å². The number of rotatable bonds is 2. The van der Waals surface area contributed by atoms with Gasteiger partial charge in [-0.15, -0.1) is 0 Å². The maximum Gasteiger partial charge on any atom is 0.0593 e. The van der Waals surface area contributed by atoms with Gasteiger partial charge in [-0.2, -0.15) is 0 Å². The molecule has 0 aromatic rings. The average molecular weight is 199 g/mol. The summed E-state index contributed by atoms with van der Waals surface area (Å²) in [5.41, 5.74) is 0. The van der Waals surface area contributed by atoms with Crippen LogP contribution in [0.15, 0.2) is 0 Å². The second kappa shape index (κ2) is 5.10. The van der Waals surface area contributed by atoms with Crippen LogP contribution in [0.4, 0.5) is 0 Å². The van der Waals surface area contributed by atoms with E-state index in [0.29, 0.717) is 6.04 Å². The third-order valence-electron chi connectivity index (χ3n) is 3.58. The highest BCUT2D eigenvalue weighted by Gasteiger charge is 2.31. The Morgan fingerprint density at radius 2 is 2.14 bits per heavy atom. The lowest BCUT2D eigenvalue weighted by molar-refractivity contribution is 0.0871. The topological polar surface area (TPSA) is 32.7 Å². The summed E-state index contributed by atoms with van der Waals surface area (Å²) in [4.78, 5) is 2.43. The first kappa shape index (κ1) is 10.4. The van der Waals surface area contributed by atoms with Crippen molar-refractivity contribution in [3.8, 4) is 0 Å². The van der Waals surface area contributed by atoms with Crippen molar-refractivity contribution in [2.24, 2.45) is 5.92 Å². The molecule has 0 spiro atoms. The Bertz CT molecular complexity index is 175. The third kappa shape index (κ3) is 2.27. The molecule has 82 valence electrons. The molecule has 1 aliphatic heterocycles. The van der Waals surface area contributed by atoms with Gasteiger partial charge in [0.05, 0.1) is 19.8 Å². The smallest absolute Gasteiger partial charge is 0.0593 e. The minimum absolute atomic E-state index is 0.281. The molecule has 1 saturated heterocycles. The van der Waals surface area contributed by atoms with Gasteiger partial charge in [-0.25, -0.2) is 0 Å². The van der Waals surface area contributed by atoms with Crippen LogP contribution < -0.4 is 0 Å². The summed E-state index contributed by atoms with van der Waals surface area (Å²) >= 11 is 0. The van der Waals surface area contributed by atoms with E-state index in [9.17, 15) is 0 Å². The lowest BCUT2D eigenvalue weighted by atomic mass is 9.84. The summed E-state index contributed by atoms with van der Waals surface area (Å²) in [7, 11) is 0. The van der Waals surface area contributed by atoms with Gasteiger partial charge in [0.15, 0.2) is 0 Å². The van der Waals surface area contributed by atoms with Gasteiger partial charge in [0.1, 0.15) is 0 Å². The number of aliphatic hydroxyl groups is 1. The molecule has 0 aromatic carbocycles. The van der Waals surface area contributed by atoms with Crippen LogP contribution in [0.5, 0.6) is 0 Å². The zero-order valence-corrected chi connectivity index (χ0v) is 8.82. The Labute approximate surface area is 86.0 Å². The van der Waals surface area contributed by atoms with Gasteiger partial charge in [-0.3, -0.25) is 4.90 Å². The minimum Gasteiger partial charge on any atom is -0.395 e. The molecule has 0 amide bonds. The summed E-state index contributed by atoms with van der Waals surface area (Å²) < 4.78 is 5.62. The summed E-state index contributed by atoms with van der Waals surface area (Å²) in [5, 5.41) is 9.02. The van der Waals surface area contributed by atoms with Crippen molar-refractivity contribution in [3.05, 3.63) is 0 Å². The van der Waals surface area contributed by atoms with E-state index in [0.717, 1.165) is 32.2 Å². The summed E-state index contributed by atoms with van der Waals surface area (Å²) in [6, 6.07) is 0.679. The lowest BCUT2D eigenvalue weighted by Crippen LogP contribution is -2.44. The van der Waals surface area contributed by atoms with E-state index in [1.54, 1.807) is 0 Å². The number of hydrogen-bond donors (Lipinski definition) is 1. The molecule has 1 aliphatic carbocycles. The first-order chi connectivity index (χ1) is 6.92. The first-order valence-electron chi connectivity index (χ1n) is 5.84. The van der Waals surface area contributed by atoms with E-state index in [2.05, 4.69) is 4.90 Å². The molecule has 2 fully saturated rings. The quantitative estimate of drug-likeness (QED) is 0.716. The second-order valence-electron chi connectivity index (χ2n) is 4.45. The fourth-order valence-electron chi connectivity index (χ4n) is 2.85. The first-order valence-corrected chi connectivity index (χ1v) is 5.84. The van der Waals surface area contributed by atoms with Gasteiger partial charge < -0.3 is 9.84 Å². The highest BCUT2D eigenvalue weighted by Crippen LogP contribution is 2.29. The van der Waals surface area contributed by atoms with E-state index in [1.807, 2.05) is 0 Å². The zero-order chi connectivity index (χ0) is 9.80.